The van der Waals surface area contributed by atoms with Crippen molar-refractivity contribution in [2.75, 3.05) is 13.2 Å². The van der Waals surface area contributed by atoms with E-state index in [1.165, 1.54) is 18.2 Å². The molecule has 32 heavy (non-hydrogen) atoms. The molecule has 0 aliphatic heterocycles. The maximum absolute atomic E-state index is 11.9. The summed E-state index contributed by atoms with van der Waals surface area (Å²) in [6.45, 7) is -0.467. The fraction of sp³-hybridized carbons (Fsp3) is 0.160. The van der Waals surface area contributed by atoms with Gasteiger partial charge >= 0.3 is 11.9 Å². The molecule has 0 aliphatic carbocycles. The zero-order chi connectivity index (χ0) is 22.6. The predicted molar refractivity (Wildman–Crippen MR) is 115 cm³/mol. The zero-order valence-electron chi connectivity index (χ0n) is 17.2. The molecular formula is C25H21O7. The molecule has 0 saturated heterocycles. The van der Waals surface area contributed by atoms with Crippen molar-refractivity contribution in [2.24, 2.45) is 0 Å². The SMILES string of the molecule is O=[C]c1ccc(OCC(=O)OCc2ccccc2)cc1OCC(=O)OCc1ccccc1. The van der Waals surface area contributed by atoms with Crippen LogP contribution >= 0.6 is 0 Å². The topological polar surface area (TPSA) is 88.1 Å². The minimum Gasteiger partial charge on any atom is -0.482 e. The second-order valence-electron chi connectivity index (χ2n) is 6.63. The molecule has 0 aromatic heterocycles. The Morgan fingerprint density at radius 2 is 1.22 bits per heavy atom. The molecule has 0 spiro atoms. The van der Waals surface area contributed by atoms with E-state index in [1.807, 2.05) is 60.7 Å². The van der Waals surface area contributed by atoms with Crippen LogP contribution in [0.3, 0.4) is 0 Å². The number of carbonyl (C=O) groups is 2. The van der Waals surface area contributed by atoms with Gasteiger partial charge in [-0.3, -0.25) is 4.79 Å². The van der Waals surface area contributed by atoms with Crippen molar-refractivity contribution < 1.29 is 33.3 Å². The Hall–Kier alpha value is -4.13. The molecule has 0 unspecified atom stereocenters. The first-order chi connectivity index (χ1) is 15.6. The average Bonchev–Trinajstić information content (AvgIpc) is 2.85. The van der Waals surface area contributed by atoms with E-state index in [4.69, 9.17) is 18.9 Å². The lowest BCUT2D eigenvalue weighted by Gasteiger charge is -2.11. The van der Waals surface area contributed by atoms with Gasteiger partial charge in [-0.2, -0.15) is 0 Å². The van der Waals surface area contributed by atoms with E-state index in [0.29, 0.717) is 0 Å². The molecule has 7 nitrogen and oxygen atoms in total. The Morgan fingerprint density at radius 1 is 0.688 bits per heavy atom. The predicted octanol–water partition coefficient (Wildman–Crippen LogP) is 3.39. The Bertz CT molecular complexity index is 1030. The van der Waals surface area contributed by atoms with Crippen molar-refractivity contribution in [3.63, 3.8) is 0 Å². The van der Waals surface area contributed by atoms with Gasteiger partial charge in [-0.25, -0.2) is 9.59 Å². The van der Waals surface area contributed by atoms with Gasteiger partial charge in [0.1, 0.15) is 24.7 Å². The first-order valence-electron chi connectivity index (χ1n) is 9.81. The molecule has 0 bridgehead atoms. The standard InChI is InChI=1S/C25H21O7/c26-14-21-11-12-22(29-17-24(27)31-15-19-7-3-1-4-8-19)13-23(21)30-18-25(28)32-16-20-9-5-2-6-10-20/h1-13H,15-18H2. The number of carbonyl (C=O) groups excluding carboxylic acids is 3. The third-order valence-corrected chi connectivity index (χ3v) is 4.25. The second kappa shape index (κ2) is 11.9. The lowest BCUT2D eigenvalue weighted by atomic mass is 10.2. The smallest absolute Gasteiger partial charge is 0.344 e. The molecular weight excluding hydrogens is 412 g/mol. The maximum atomic E-state index is 11.9. The van der Waals surface area contributed by atoms with Crippen LogP contribution in [0, 0.1) is 0 Å². The average molecular weight is 433 g/mol. The van der Waals surface area contributed by atoms with Crippen molar-refractivity contribution in [1.82, 2.24) is 0 Å². The molecule has 0 N–H and O–H groups in total. The maximum Gasteiger partial charge on any atom is 0.344 e. The summed E-state index contributed by atoms with van der Waals surface area (Å²) in [7, 11) is 0. The van der Waals surface area contributed by atoms with Gasteiger partial charge in [0.2, 0.25) is 6.29 Å². The summed E-state index contributed by atoms with van der Waals surface area (Å²) in [6, 6.07) is 22.8. The summed E-state index contributed by atoms with van der Waals surface area (Å²) in [6.07, 6.45) is 1.73. The van der Waals surface area contributed by atoms with Gasteiger partial charge in [0, 0.05) is 6.07 Å². The lowest BCUT2D eigenvalue weighted by Crippen LogP contribution is -2.16. The fourth-order valence-corrected chi connectivity index (χ4v) is 2.63. The highest BCUT2D eigenvalue weighted by atomic mass is 16.6. The van der Waals surface area contributed by atoms with E-state index in [9.17, 15) is 14.4 Å². The number of benzene rings is 3. The normalized spacial score (nSPS) is 10.1. The van der Waals surface area contributed by atoms with Crippen LogP contribution in [-0.2, 0) is 37.1 Å². The van der Waals surface area contributed by atoms with Crippen LogP contribution in [0.4, 0.5) is 0 Å². The van der Waals surface area contributed by atoms with Crippen molar-refractivity contribution in [1.29, 1.82) is 0 Å². The zero-order valence-corrected chi connectivity index (χ0v) is 17.2. The van der Waals surface area contributed by atoms with Gasteiger partial charge in [-0.05, 0) is 23.3 Å². The lowest BCUT2D eigenvalue weighted by molar-refractivity contribution is -0.148. The van der Waals surface area contributed by atoms with Crippen molar-refractivity contribution >= 4 is 18.2 Å². The summed E-state index contributed by atoms with van der Waals surface area (Å²) >= 11 is 0. The highest BCUT2D eigenvalue weighted by molar-refractivity contribution is 5.81. The van der Waals surface area contributed by atoms with Crippen LogP contribution in [0.25, 0.3) is 0 Å². The van der Waals surface area contributed by atoms with Crippen LogP contribution < -0.4 is 9.47 Å². The quantitative estimate of drug-likeness (QED) is 0.428. The Balaban J connectivity index is 1.48. The van der Waals surface area contributed by atoms with Crippen LogP contribution in [0.15, 0.2) is 78.9 Å². The molecule has 1 radical (unpaired) electrons. The largest absolute Gasteiger partial charge is 0.482 e. The summed E-state index contributed by atoms with van der Waals surface area (Å²) in [4.78, 5) is 35.0. The summed E-state index contributed by atoms with van der Waals surface area (Å²) < 4.78 is 21.1. The van der Waals surface area contributed by atoms with E-state index in [1.54, 1.807) is 6.29 Å². The van der Waals surface area contributed by atoms with Crippen LogP contribution in [0.1, 0.15) is 16.7 Å². The van der Waals surface area contributed by atoms with E-state index < -0.39 is 18.5 Å². The van der Waals surface area contributed by atoms with Gasteiger partial charge < -0.3 is 18.9 Å². The van der Waals surface area contributed by atoms with Crippen molar-refractivity contribution in [2.45, 2.75) is 13.2 Å². The molecule has 0 saturated carbocycles. The molecule has 0 amide bonds. The first kappa shape index (κ1) is 22.6. The van der Waals surface area contributed by atoms with Gasteiger partial charge in [0.15, 0.2) is 13.2 Å². The number of ether oxygens (including phenoxy) is 4. The van der Waals surface area contributed by atoms with Gasteiger partial charge in [0.05, 0.1) is 5.56 Å². The second-order valence-corrected chi connectivity index (χ2v) is 6.63. The molecule has 0 heterocycles. The molecule has 3 rings (SSSR count). The highest BCUT2D eigenvalue weighted by Gasteiger charge is 2.12. The molecule has 163 valence electrons. The van der Waals surface area contributed by atoms with E-state index in [0.717, 1.165) is 11.1 Å². The molecule has 0 atom stereocenters. The third kappa shape index (κ3) is 7.28. The highest BCUT2D eigenvalue weighted by Crippen LogP contribution is 2.24. The minimum absolute atomic E-state index is 0.0896. The number of hydrogen-bond acceptors (Lipinski definition) is 7. The molecule has 0 fully saturated rings. The minimum atomic E-state index is -0.596. The van der Waals surface area contributed by atoms with Crippen molar-refractivity contribution in [3.8, 4) is 11.5 Å². The van der Waals surface area contributed by atoms with Gasteiger partial charge in [0.25, 0.3) is 0 Å². The van der Waals surface area contributed by atoms with Crippen LogP contribution in [0.5, 0.6) is 11.5 Å². The first-order valence-corrected chi connectivity index (χ1v) is 9.81. The van der Waals surface area contributed by atoms with Crippen LogP contribution in [-0.4, -0.2) is 31.4 Å². The molecule has 0 aliphatic rings. The van der Waals surface area contributed by atoms with Gasteiger partial charge in [-0.1, -0.05) is 60.7 Å². The Morgan fingerprint density at radius 3 is 1.75 bits per heavy atom. The van der Waals surface area contributed by atoms with E-state index in [2.05, 4.69) is 0 Å². The van der Waals surface area contributed by atoms with E-state index >= 15 is 0 Å². The summed E-state index contributed by atoms with van der Waals surface area (Å²) in [5.74, 6) is -0.784. The summed E-state index contributed by atoms with van der Waals surface area (Å²) in [5.41, 5.74) is 1.82. The van der Waals surface area contributed by atoms with Gasteiger partial charge in [-0.15, -0.1) is 0 Å². The Kier molecular flexibility index (Phi) is 8.39. The monoisotopic (exact) mass is 433 g/mol. The summed E-state index contributed by atoms with van der Waals surface area (Å²) in [5, 5.41) is 0. The number of hydrogen-bond donors (Lipinski definition) is 0. The van der Waals surface area contributed by atoms with Crippen molar-refractivity contribution in [3.05, 3.63) is 95.6 Å². The third-order valence-electron chi connectivity index (χ3n) is 4.25. The Labute approximate surface area is 185 Å². The van der Waals surface area contributed by atoms with Crippen LogP contribution in [0.2, 0.25) is 0 Å². The number of esters is 2. The molecule has 3 aromatic carbocycles. The molecule has 7 heteroatoms. The molecule has 3 aromatic rings. The van der Waals surface area contributed by atoms with E-state index in [-0.39, 0.29) is 36.9 Å². The fourth-order valence-electron chi connectivity index (χ4n) is 2.63. The number of rotatable bonds is 11.